The van der Waals surface area contributed by atoms with Gasteiger partial charge in [0, 0.05) is 55.3 Å². The van der Waals surface area contributed by atoms with Gasteiger partial charge in [0.25, 0.3) is 0 Å². The van der Waals surface area contributed by atoms with Gasteiger partial charge in [-0.3, -0.25) is 4.90 Å². The van der Waals surface area contributed by atoms with Gasteiger partial charge in [-0.05, 0) is 118 Å². The van der Waals surface area contributed by atoms with Crippen molar-refractivity contribution < 1.29 is 10.2 Å². The van der Waals surface area contributed by atoms with Crippen molar-refractivity contribution in [2.45, 2.75) is 96.6 Å². The van der Waals surface area contributed by atoms with Gasteiger partial charge in [-0.15, -0.1) is 0 Å². The van der Waals surface area contributed by atoms with Crippen molar-refractivity contribution in [3.8, 4) is 5.75 Å². The highest BCUT2D eigenvalue weighted by Gasteiger charge is 2.59. The summed E-state index contributed by atoms with van der Waals surface area (Å²) < 4.78 is 0. The Morgan fingerprint density at radius 1 is 1.00 bits per heavy atom. The Morgan fingerprint density at radius 2 is 1.87 bits per heavy atom. The fourth-order valence-electron chi connectivity index (χ4n) is 10.5. The van der Waals surface area contributed by atoms with Crippen LogP contribution in [0.15, 0.2) is 48.1 Å². The highest BCUT2D eigenvalue weighted by molar-refractivity contribution is 5.90. The topological polar surface area (TPSA) is 85.8 Å². The minimum atomic E-state index is -0.225. The van der Waals surface area contributed by atoms with E-state index in [9.17, 15) is 10.2 Å². The average molecular weight is 639 g/mol. The number of aliphatic hydroxyl groups excluding tert-OH is 1. The van der Waals surface area contributed by atoms with Gasteiger partial charge in [-0.1, -0.05) is 61.9 Å². The van der Waals surface area contributed by atoms with Crippen LogP contribution in [0.2, 0.25) is 0 Å². The van der Waals surface area contributed by atoms with E-state index in [4.69, 9.17) is 10.7 Å². The predicted molar refractivity (Wildman–Crippen MR) is 193 cm³/mol. The maximum Gasteiger partial charge on any atom is 0.141 e. The SMILES string of the molecule is CC1CCc2nc3c(O)cccc3c(CCN)c2/C=C\CCC23CN4CC(C)C(O)CCC/C=C\CCC5=CCC2C(C4)CN(C1)C53. The number of nitrogens with two attached hydrogens (primary N) is 1. The maximum atomic E-state index is 11.1. The van der Waals surface area contributed by atoms with Crippen molar-refractivity contribution in [1.29, 1.82) is 0 Å². The summed E-state index contributed by atoms with van der Waals surface area (Å²) in [6.45, 7) is 10.9. The largest absolute Gasteiger partial charge is 0.506 e. The standard InChI is InChI=1S/C41H58N4O2/c1-28-16-19-36-33(32(20-22-42)34-13-10-15-38(47)39(34)43-36)12-8-9-21-41-27-44-24-29(2)37(46)14-7-5-3-4-6-11-30-17-18-35(41)31(25-44)26-45(23-28)40(30)41/h3-4,8,10,12-13,15,17,28-29,31,35,37,40,46-47H,5-7,9,11,14,16,18-27,42H2,1-2H3/b4-3-,12-8-. The van der Waals surface area contributed by atoms with Crippen LogP contribution >= 0.6 is 0 Å². The highest BCUT2D eigenvalue weighted by atomic mass is 16.3. The minimum absolute atomic E-state index is 0.217. The lowest BCUT2D eigenvalue weighted by molar-refractivity contribution is -0.135. The number of phenols is 1. The van der Waals surface area contributed by atoms with Crippen molar-refractivity contribution in [2.75, 3.05) is 39.3 Å². The van der Waals surface area contributed by atoms with Crippen LogP contribution in [-0.4, -0.2) is 76.4 Å². The number of rotatable bonds is 2. The van der Waals surface area contributed by atoms with E-state index in [1.807, 2.05) is 6.07 Å². The van der Waals surface area contributed by atoms with E-state index in [0.717, 1.165) is 101 Å². The first-order valence-corrected chi connectivity index (χ1v) is 18.9. The fourth-order valence-corrected chi connectivity index (χ4v) is 10.5. The second-order valence-electron chi connectivity index (χ2n) is 15.9. The molecule has 0 radical (unpaired) electrons. The molecule has 4 N–H and O–H groups in total. The van der Waals surface area contributed by atoms with E-state index < -0.39 is 0 Å². The maximum absolute atomic E-state index is 11.1. The summed E-state index contributed by atoms with van der Waals surface area (Å²) in [5.74, 6) is 2.47. The Labute approximate surface area is 282 Å². The van der Waals surface area contributed by atoms with Gasteiger partial charge in [0.15, 0.2) is 0 Å². The van der Waals surface area contributed by atoms with Gasteiger partial charge in [0.1, 0.15) is 11.3 Å². The molecule has 1 aliphatic carbocycles. The van der Waals surface area contributed by atoms with Gasteiger partial charge in [-0.2, -0.15) is 0 Å². The highest BCUT2D eigenvalue weighted by Crippen LogP contribution is 2.57. The zero-order chi connectivity index (χ0) is 32.5. The Bertz CT molecular complexity index is 1510. The molecular weight excluding hydrogens is 580 g/mol. The van der Waals surface area contributed by atoms with Gasteiger partial charge < -0.3 is 20.8 Å². The third kappa shape index (κ3) is 6.48. The molecule has 2 saturated heterocycles. The zero-order valence-corrected chi connectivity index (χ0v) is 28.9. The Hall–Kier alpha value is -2.51. The number of nitrogens with zero attached hydrogens (tertiary/aromatic N) is 3. The molecule has 0 amide bonds. The number of aliphatic hydroxyl groups is 1. The first-order valence-electron chi connectivity index (χ1n) is 18.9. The number of para-hydroxylation sites is 1. The quantitative estimate of drug-likeness (QED) is 0.311. The average Bonchev–Trinajstić information content (AvgIpc) is 3.04. The van der Waals surface area contributed by atoms with Crippen LogP contribution < -0.4 is 5.73 Å². The van der Waals surface area contributed by atoms with Crippen molar-refractivity contribution in [2.24, 2.45) is 34.8 Å². The lowest BCUT2D eigenvalue weighted by Gasteiger charge is -2.65. The molecule has 7 rings (SSSR count). The molecule has 0 saturated carbocycles. The van der Waals surface area contributed by atoms with E-state index in [1.165, 1.54) is 30.5 Å². The molecule has 5 heterocycles. The van der Waals surface area contributed by atoms with Crippen molar-refractivity contribution in [3.63, 3.8) is 0 Å². The van der Waals surface area contributed by atoms with Crippen LogP contribution in [-0.2, 0) is 12.8 Å². The molecule has 6 heteroatoms. The molecule has 2 fully saturated rings. The van der Waals surface area contributed by atoms with Crippen LogP contribution in [0.1, 0.15) is 88.5 Å². The number of piperidine rings is 2. The van der Waals surface area contributed by atoms with Crippen LogP contribution in [0.5, 0.6) is 5.75 Å². The first kappa shape index (κ1) is 33.0. The molecule has 2 aromatic rings. The molecule has 1 aromatic carbocycles. The Morgan fingerprint density at radius 3 is 2.74 bits per heavy atom. The first-order chi connectivity index (χ1) is 22.9. The molecule has 4 aliphatic heterocycles. The molecule has 5 aliphatic rings. The summed E-state index contributed by atoms with van der Waals surface area (Å²) in [7, 11) is 0. The number of aromatic hydroxyl groups is 1. The molecule has 47 heavy (non-hydrogen) atoms. The summed E-state index contributed by atoms with van der Waals surface area (Å²) in [5.41, 5.74) is 12.4. The van der Waals surface area contributed by atoms with E-state index in [1.54, 1.807) is 11.6 Å². The van der Waals surface area contributed by atoms with Gasteiger partial charge in [0.05, 0.1) is 6.10 Å². The molecule has 7 bridgehead atoms. The van der Waals surface area contributed by atoms with Crippen molar-refractivity contribution in [3.05, 3.63) is 64.9 Å². The molecule has 1 aromatic heterocycles. The van der Waals surface area contributed by atoms with Gasteiger partial charge in [0.2, 0.25) is 0 Å². The number of phenolic OH excluding ortho intramolecular Hbond substituents is 1. The normalized spacial score (nSPS) is 37.7. The number of aromatic nitrogens is 1. The smallest absolute Gasteiger partial charge is 0.141 e. The summed E-state index contributed by atoms with van der Waals surface area (Å²) in [5, 5.41) is 23.0. The summed E-state index contributed by atoms with van der Waals surface area (Å²) in [4.78, 5) is 10.9. The van der Waals surface area contributed by atoms with Gasteiger partial charge >= 0.3 is 0 Å². The molecule has 6 nitrogen and oxygen atoms in total. The second kappa shape index (κ2) is 14.2. The summed E-state index contributed by atoms with van der Waals surface area (Å²) in [6.07, 6.45) is 23.6. The van der Waals surface area contributed by atoms with E-state index in [2.05, 4.69) is 60.1 Å². The number of allylic oxidation sites excluding steroid dienone is 4. The number of aryl methyl sites for hydroxylation is 1. The fraction of sp³-hybridized carbons (Fsp3) is 0.634. The third-order valence-electron chi connectivity index (χ3n) is 12.6. The molecule has 9 unspecified atom stereocenters. The van der Waals surface area contributed by atoms with Crippen LogP contribution in [0.3, 0.4) is 0 Å². The predicted octanol–water partition coefficient (Wildman–Crippen LogP) is 6.88. The third-order valence-corrected chi connectivity index (χ3v) is 12.6. The number of benzene rings is 1. The number of fused-ring (bicyclic) bond motifs is 3. The van der Waals surface area contributed by atoms with E-state index in [-0.39, 0.29) is 17.3 Å². The molecule has 9 atom stereocenters. The number of hydrogen-bond donors (Lipinski definition) is 3. The summed E-state index contributed by atoms with van der Waals surface area (Å²) in [6, 6.07) is 6.27. The lowest BCUT2D eigenvalue weighted by atomic mass is 9.52. The lowest BCUT2D eigenvalue weighted by Crippen LogP contribution is -2.70. The van der Waals surface area contributed by atoms with Crippen LogP contribution in [0.4, 0.5) is 0 Å². The van der Waals surface area contributed by atoms with Gasteiger partial charge in [-0.25, -0.2) is 4.98 Å². The number of pyridine rings is 1. The zero-order valence-electron chi connectivity index (χ0n) is 28.9. The second-order valence-corrected chi connectivity index (χ2v) is 15.9. The molecule has 254 valence electrons. The molecular formula is C41H58N4O2. The number of hydrogen-bond acceptors (Lipinski definition) is 6. The van der Waals surface area contributed by atoms with Crippen molar-refractivity contribution >= 4 is 17.0 Å². The van der Waals surface area contributed by atoms with Crippen LogP contribution in [0.25, 0.3) is 17.0 Å². The van der Waals surface area contributed by atoms with E-state index >= 15 is 0 Å². The molecule has 1 spiro atoms. The monoisotopic (exact) mass is 638 g/mol. The van der Waals surface area contributed by atoms with Crippen LogP contribution in [0, 0.1) is 29.1 Å². The summed E-state index contributed by atoms with van der Waals surface area (Å²) >= 11 is 0. The minimum Gasteiger partial charge on any atom is -0.506 e. The van der Waals surface area contributed by atoms with E-state index in [0.29, 0.717) is 35.9 Å². The Kier molecular flexibility index (Phi) is 9.94. The Balaban J connectivity index is 1.30. The van der Waals surface area contributed by atoms with Crippen molar-refractivity contribution in [1.82, 2.24) is 14.8 Å².